The maximum absolute atomic E-state index is 12.1. The number of nitrogens with zero attached hydrogens (tertiary/aromatic N) is 1. The molecule has 0 saturated heterocycles. The van der Waals surface area contributed by atoms with Crippen LogP contribution in [0.15, 0.2) is 30.3 Å². The lowest BCUT2D eigenvalue weighted by Crippen LogP contribution is -2.36. The van der Waals surface area contributed by atoms with Gasteiger partial charge in [-0.05, 0) is 30.9 Å². The summed E-state index contributed by atoms with van der Waals surface area (Å²) < 4.78 is 0. The molecule has 1 N–H and O–H groups in total. The van der Waals surface area contributed by atoms with Crippen LogP contribution in [-0.4, -0.2) is 30.9 Å². The fourth-order valence-electron chi connectivity index (χ4n) is 2.73. The van der Waals surface area contributed by atoms with E-state index in [4.69, 9.17) is 0 Å². The van der Waals surface area contributed by atoms with Gasteiger partial charge in [0.1, 0.15) is 0 Å². The first kappa shape index (κ1) is 16.8. The van der Waals surface area contributed by atoms with E-state index >= 15 is 0 Å². The largest absolute Gasteiger partial charge is 0.376 e. The van der Waals surface area contributed by atoms with Gasteiger partial charge in [-0.1, -0.05) is 37.5 Å². The van der Waals surface area contributed by atoms with Gasteiger partial charge in [-0.2, -0.15) is 0 Å². The minimum Gasteiger partial charge on any atom is -0.376 e. The molecule has 3 nitrogen and oxygen atoms in total. The standard InChI is InChI=1S/C16H24N2O.ClH/c1-18(13-14-8-4-2-5-9-14)16(19)12-17-15-10-6-3-7-11-15;/h3,6-7,10-11,14,17H,2,4-5,8-9,12-13H2,1H3;1H. The Hall–Kier alpha value is -1.22. The van der Waals surface area contributed by atoms with Gasteiger partial charge in [-0.15, -0.1) is 12.4 Å². The van der Waals surface area contributed by atoms with Crippen LogP contribution in [0.4, 0.5) is 5.69 Å². The Morgan fingerprint density at radius 1 is 1.20 bits per heavy atom. The molecule has 2 rings (SSSR count). The number of hydrogen-bond acceptors (Lipinski definition) is 2. The summed E-state index contributed by atoms with van der Waals surface area (Å²) >= 11 is 0. The molecule has 0 unspecified atom stereocenters. The highest BCUT2D eigenvalue weighted by Gasteiger charge is 2.17. The van der Waals surface area contributed by atoms with Gasteiger partial charge >= 0.3 is 0 Å². The number of benzene rings is 1. The second-order valence-corrected chi connectivity index (χ2v) is 5.50. The minimum atomic E-state index is 0. The monoisotopic (exact) mass is 296 g/mol. The lowest BCUT2D eigenvalue weighted by molar-refractivity contribution is -0.128. The highest BCUT2D eigenvalue weighted by Crippen LogP contribution is 2.24. The molecule has 1 amide bonds. The van der Waals surface area contributed by atoms with Crippen molar-refractivity contribution in [3.05, 3.63) is 30.3 Å². The normalized spacial score (nSPS) is 15.2. The van der Waals surface area contributed by atoms with Gasteiger partial charge in [0.05, 0.1) is 6.54 Å². The predicted molar refractivity (Wildman–Crippen MR) is 86.4 cm³/mol. The number of likely N-dealkylation sites (N-methyl/N-ethyl adjacent to an activating group) is 1. The zero-order valence-electron chi connectivity index (χ0n) is 12.2. The van der Waals surface area contributed by atoms with Crippen molar-refractivity contribution in [1.29, 1.82) is 0 Å². The Labute approximate surface area is 128 Å². The van der Waals surface area contributed by atoms with E-state index in [0.29, 0.717) is 12.5 Å². The van der Waals surface area contributed by atoms with Crippen molar-refractivity contribution in [1.82, 2.24) is 4.90 Å². The third-order valence-electron chi connectivity index (χ3n) is 3.90. The topological polar surface area (TPSA) is 32.3 Å². The minimum absolute atomic E-state index is 0. The third-order valence-corrected chi connectivity index (χ3v) is 3.90. The summed E-state index contributed by atoms with van der Waals surface area (Å²) in [7, 11) is 1.92. The molecule has 0 spiro atoms. The fraction of sp³-hybridized carbons (Fsp3) is 0.562. The number of hydrogen-bond donors (Lipinski definition) is 1. The maximum Gasteiger partial charge on any atom is 0.241 e. The van der Waals surface area contributed by atoms with Crippen molar-refractivity contribution < 1.29 is 4.79 Å². The Morgan fingerprint density at radius 2 is 1.85 bits per heavy atom. The average molecular weight is 297 g/mol. The lowest BCUT2D eigenvalue weighted by Gasteiger charge is -2.27. The van der Waals surface area contributed by atoms with Gasteiger partial charge in [0.2, 0.25) is 5.91 Å². The lowest BCUT2D eigenvalue weighted by atomic mass is 9.89. The van der Waals surface area contributed by atoms with E-state index in [1.165, 1.54) is 32.1 Å². The highest BCUT2D eigenvalue weighted by atomic mass is 35.5. The molecule has 112 valence electrons. The quantitative estimate of drug-likeness (QED) is 0.901. The Kier molecular flexibility index (Phi) is 7.45. The van der Waals surface area contributed by atoms with Gasteiger partial charge in [-0.3, -0.25) is 4.79 Å². The van der Waals surface area contributed by atoms with Crippen LogP contribution in [0.1, 0.15) is 32.1 Å². The van der Waals surface area contributed by atoms with Gasteiger partial charge < -0.3 is 10.2 Å². The SMILES string of the molecule is CN(CC1CCCCC1)C(=O)CNc1ccccc1.Cl. The van der Waals surface area contributed by atoms with Crippen molar-refractivity contribution in [3.8, 4) is 0 Å². The van der Waals surface area contributed by atoms with Crippen molar-refractivity contribution in [2.24, 2.45) is 5.92 Å². The van der Waals surface area contributed by atoms with Crippen molar-refractivity contribution >= 4 is 24.0 Å². The highest BCUT2D eigenvalue weighted by molar-refractivity contribution is 5.85. The number of carbonyl (C=O) groups excluding carboxylic acids is 1. The van der Waals surface area contributed by atoms with E-state index in [9.17, 15) is 4.79 Å². The molecule has 0 atom stereocenters. The molecule has 1 aliphatic rings. The number of nitrogens with one attached hydrogen (secondary N) is 1. The molecule has 1 aromatic rings. The zero-order valence-corrected chi connectivity index (χ0v) is 13.0. The van der Waals surface area contributed by atoms with E-state index in [1.54, 1.807) is 0 Å². The third kappa shape index (κ3) is 5.41. The Bertz CT molecular complexity index is 391. The second kappa shape index (κ2) is 8.85. The van der Waals surface area contributed by atoms with Crippen LogP contribution in [-0.2, 0) is 4.79 Å². The molecule has 0 radical (unpaired) electrons. The van der Waals surface area contributed by atoms with E-state index in [0.717, 1.165) is 12.2 Å². The first-order valence-corrected chi connectivity index (χ1v) is 7.28. The fourth-order valence-corrected chi connectivity index (χ4v) is 2.73. The van der Waals surface area contributed by atoms with Crippen molar-refractivity contribution in [3.63, 3.8) is 0 Å². The summed E-state index contributed by atoms with van der Waals surface area (Å²) in [4.78, 5) is 13.9. The number of halogens is 1. The molecule has 1 fully saturated rings. The molecule has 0 heterocycles. The van der Waals surface area contributed by atoms with E-state index in [-0.39, 0.29) is 18.3 Å². The van der Waals surface area contributed by atoms with Crippen molar-refractivity contribution in [2.45, 2.75) is 32.1 Å². The van der Waals surface area contributed by atoms with E-state index in [1.807, 2.05) is 42.3 Å². The summed E-state index contributed by atoms with van der Waals surface area (Å²) in [6.45, 7) is 1.29. The maximum atomic E-state index is 12.1. The summed E-state index contributed by atoms with van der Waals surface area (Å²) in [5.74, 6) is 0.883. The van der Waals surface area contributed by atoms with Crippen molar-refractivity contribution in [2.75, 3.05) is 25.5 Å². The van der Waals surface area contributed by atoms with Crippen LogP contribution in [0.5, 0.6) is 0 Å². The molecule has 1 saturated carbocycles. The molecule has 0 bridgehead atoms. The first-order chi connectivity index (χ1) is 9.25. The predicted octanol–water partition coefficient (Wildman–Crippen LogP) is 3.56. The number of amides is 1. The first-order valence-electron chi connectivity index (χ1n) is 7.28. The van der Waals surface area contributed by atoms with Crippen LogP contribution in [0.25, 0.3) is 0 Å². The molecule has 4 heteroatoms. The molecule has 1 aliphatic carbocycles. The van der Waals surface area contributed by atoms with Crippen LogP contribution < -0.4 is 5.32 Å². The summed E-state index contributed by atoms with van der Waals surface area (Å²) in [6.07, 6.45) is 6.58. The summed E-state index contributed by atoms with van der Waals surface area (Å²) in [5.41, 5.74) is 1.00. The average Bonchev–Trinajstić information content (AvgIpc) is 2.47. The van der Waals surface area contributed by atoms with Crippen LogP contribution in [0, 0.1) is 5.92 Å². The molecule has 1 aromatic carbocycles. The number of para-hydroxylation sites is 1. The molecular weight excluding hydrogens is 272 g/mol. The van der Waals surface area contributed by atoms with Gasteiger partial charge in [0.15, 0.2) is 0 Å². The Balaban J connectivity index is 0.00000200. The number of anilines is 1. The summed E-state index contributed by atoms with van der Waals surface area (Å²) in [5, 5.41) is 3.17. The van der Waals surface area contributed by atoms with Crippen LogP contribution in [0.2, 0.25) is 0 Å². The van der Waals surface area contributed by atoms with Gasteiger partial charge in [-0.25, -0.2) is 0 Å². The summed E-state index contributed by atoms with van der Waals surface area (Å²) in [6, 6.07) is 9.88. The molecule has 0 aromatic heterocycles. The smallest absolute Gasteiger partial charge is 0.241 e. The van der Waals surface area contributed by atoms with Gasteiger partial charge in [0.25, 0.3) is 0 Å². The molecule has 20 heavy (non-hydrogen) atoms. The van der Waals surface area contributed by atoms with Crippen LogP contribution in [0.3, 0.4) is 0 Å². The number of carbonyl (C=O) groups is 1. The zero-order chi connectivity index (χ0) is 13.5. The molecular formula is C16H25ClN2O. The van der Waals surface area contributed by atoms with E-state index < -0.39 is 0 Å². The van der Waals surface area contributed by atoms with Gasteiger partial charge in [0, 0.05) is 19.3 Å². The molecule has 0 aliphatic heterocycles. The number of rotatable bonds is 5. The van der Waals surface area contributed by atoms with Crippen LogP contribution >= 0.6 is 12.4 Å². The Morgan fingerprint density at radius 3 is 2.50 bits per heavy atom. The second-order valence-electron chi connectivity index (χ2n) is 5.50. The van der Waals surface area contributed by atoms with E-state index in [2.05, 4.69) is 5.32 Å².